The van der Waals surface area contributed by atoms with Gasteiger partial charge in [0.15, 0.2) is 0 Å². The van der Waals surface area contributed by atoms with Crippen molar-refractivity contribution in [3.05, 3.63) is 70.2 Å². The number of nitriles is 1. The first-order chi connectivity index (χ1) is 12.1. The molecule has 0 aliphatic heterocycles. The summed E-state index contributed by atoms with van der Waals surface area (Å²) in [5.41, 5.74) is 4.16. The van der Waals surface area contributed by atoms with E-state index in [2.05, 4.69) is 6.07 Å². The molecule has 0 N–H and O–H groups in total. The lowest BCUT2D eigenvalue weighted by atomic mass is 9.99. The van der Waals surface area contributed by atoms with Crippen LogP contribution in [0.5, 0.6) is 0 Å². The summed E-state index contributed by atoms with van der Waals surface area (Å²) in [6.45, 7) is 2.05. The molecule has 2 nitrogen and oxygen atoms in total. The monoisotopic (exact) mass is 384 g/mol. The van der Waals surface area contributed by atoms with Gasteiger partial charge in [-0.25, -0.2) is 4.98 Å². The van der Waals surface area contributed by atoms with Crippen molar-refractivity contribution >= 4 is 35.0 Å². The Labute approximate surface area is 161 Å². The maximum Gasteiger partial charge on any atom is 0.115 e. The molecule has 0 amide bonds. The minimum Gasteiger partial charge on any atom is -0.240 e. The van der Waals surface area contributed by atoms with Crippen molar-refractivity contribution in [1.29, 1.82) is 5.26 Å². The largest absolute Gasteiger partial charge is 0.240 e. The Morgan fingerprint density at radius 1 is 0.960 bits per heavy atom. The Kier molecular flexibility index (Phi) is 5.65. The van der Waals surface area contributed by atoms with E-state index in [0.717, 1.165) is 33.2 Å². The molecule has 0 fully saturated rings. The molecule has 0 aliphatic rings. The highest BCUT2D eigenvalue weighted by Crippen LogP contribution is 2.34. The van der Waals surface area contributed by atoms with Crippen molar-refractivity contribution < 1.29 is 0 Å². The molecule has 5 heteroatoms. The summed E-state index contributed by atoms with van der Waals surface area (Å²) in [4.78, 5) is 4.71. The van der Waals surface area contributed by atoms with Crippen LogP contribution in [0.1, 0.15) is 12.5 Å². The quantitative estimate of drug-likeness (QED) is 0.469. The van der Waals surface area contributed by atoms with Crippen LogP contribution in [0.15, 0.2) is 59.6 Å². The fraction of sp³-hybridized carbons (Fsp3) is 0.100. The number of thioether (sulfide) groups is 1. The molecular formula is C20H14Cl2N2S. The van der Waals surface area contributed by atoms with E-state index in [-0.39, 0.29) is 0 Å². The van der Waals surface area contributed by atoms with Gasteiger partial charge in [-0.3, -0.25) is 0 Å². The molecule has 0 bridgehead atoms. The molecule has 0 aliphatic carbocycles. The topological polar surface area (TPSA) is 36.7 Å². The molecule has 0 radical (unpaired) electrons. The van der Waals surface area contributed by atoms with Crippen molar-refractivity contribution in [3.63, 3.8) is 0 Å². The van der Waals surface area contributed by atoms with Gasteiger partial charge in [0.1, 0.15) is 11.1 Å². The van der Waals surface area contributed by atoms with E-state index in [0.29, 0.717) is 15.6 Å². The fourth-order valence-corrected chi connectivity index (χ4v) is 3.48. The number of rotatable bonds is 4. The molecule has 0 spiro atoms. The smallest absolute Gasteiger partial charge is 0.115 e. The SMILES string of the molecule is CCSc1nc(-c2ccc(Cl)cc2)cc(-c2ccc(Cl)cc2)c1C#N. The van der Waals surface area contributed by atoms with Gasteiger partial charge in [0.25, 0.3) is 0 Å². The van der Waals surface area contributed by atoms with Crippen LogP contribution in [0.2, 0.25) is 10.0 Å². The Morgan fingerprint density at radius 2 is 1.52 bits per heavy atom. The normalized spacial score (nSPS) is 10.5. The predicted molar refractivity (Wildman–Crippen MR) is 106 cm³/mol. The summed E-state index contributed by atoms with van der Waals surface area (Å²) in [5.74, 6) is 0.839. The van der Waals surface area contributed by atoms with Crippen LogP contribution in [-0.2, 0) is 0 Å². The third kappa shape index (κ3) is 3.99. The van der Waals surface area contributed by atoms with E-state index in [1.807, 2.05) is 61.5 Å². The summed E-state index contributed by atoms with van der Waals surface area (Å²) >= 11 is 13.6. The van der Waals surface area contributed by atoms with Gasteiger partial charge >= 0.3 is 0 Å². The number of nitrogens with zero attached hydrogens (tertiary/aromatic N) is 2. The Morgan fingerprint density at radius 3 is 2.04 bits per heavy atom. The van der Waals surface area contributed by atoms with Gasteiger partial charge < -0.3 is 0 Å². The van der Waals surface area contributed by atoms with Crippen LogP contribution < -0.4 is 0 Å². The van der Waals surface area contributed by atoms with Gasteiger partial charge in [0.05, 0.1) is 11.3 Å². The molecule has 0 atom stereocenters. The number of halogens is 2. The van der Waals surface area contributed by atoms with E-state index in [1.54, 1.807) is 11.8 Å². The van der Waals surface area contributed by atoms with Gasteiger partial charge in [-0.15, -0.1) is 11.8 Å². The van der Waals surface area contributed by atoms with Gasteiger partial charge in [0.2, 0.25) is 0 Å². The van der Waals surface area contributed by atoms with E-state index in [1.165, 1.54) is 0 Å². The van der Waals surface area contributed by atoms with Gasteiger partial charge in [-0.05, 0) is 41.6 Å². The molecule has 0 unspecified atom stereocenters. The number of hydrogen-bond acceptors (Lipinski definition) is 3. The van der Waals surface area contributed by atoms with E-state index >= 15 is 0 Å². The van der Waals surface area contributed by atoms with Crippen molar-refractivity contribution in [1.82, 2.24) is 4.98 Å². The molecule has 0 saturated heterocycles. The second-order valence-electron chi connectivity index (χ2n) is 5.29. The first kappa shape index (κ1) is 17.8. The number of pyridine rings is 1. The van der Waals surface area contributed by atoms with Crippen molar-refractivity contribution in [3.8, 4) is 28.5 Å². The lowest BCUT2D eigenvalue weighted by Gasteiger charge is -2.12. The highest BCUT2D eigenvalue weighted by molar-refractivity contribution is 7.99. The average molecular weight is 385 g/mol. The molecule has 0 saturated carbocycles. The molecular weight excluding hydrogens is 371 g/mol. The maximum atomic E-state index is 9.69. The molecule has 1 heterocycles. The Bertz CT molecular complexity index is 930. The molecule has 1 aromatic heterocycles. The third-order valence-electron chi connectivity index (χ3n) is 3.67. The van der Waals surface area contributed by atoms with Gasteiger partial charge in [-0.1, -0.05) is 54.4 Å². The molecule has 2 aromatic carbocycles. The molecule has 124 valence electrons. The number of aromatic nitrogens is 1. The second-order valence-corrected chi connectivity index (χ2v) is 7.42. The van der Waals surface area contributed by atoms with Crippen LogP contribution in [0, 0.1) is 11.3 Å². The summed E-state index contributed by atoms with van der Waals surface area (Å²) in [5, 5.41) is 11.8. The lowest BCUT2D eigenvalue weighted by Crippen LogP contribution is -1.96. The number of hydrogen-bond donors (Lipinski definition) is 0. The van der Waals surface area contributed by atoms with Crippen LogP contribution in [0.4, 0.5) is 0 Å². The molecule has 25 heavy (non-hydrogen) atoms. The molecule has 3 rings (SSSR count). The Balaban J connectivity index is 2.22. The number of benzene rings is 2. The minimum atomic E-state index is 0.590. The van der Waals surface area contributed by atoms with E-state index in [4.69, 9.17) is 28.2 Å². The van der Waals surface area contributed by atoms with Gasteiger partial charge in [-0.2, -0.15) is 5.26 Å². The fourth-order valence-electron chi connectivity index (χ4n) is 2.50. The van der Waals surface area contributed by atoms with Crippen molar-refractivity contribution in [2.24, 2.45) is 0 Å². The first-order valence-electron chi connectivity index (χ1n) is 7.72. The highest BCUT2D eigenvalue weighted by Gasteiger charge is 2.15. The van der Waals surface area contributed by atoms with Crippen LogP contribution in [-0.4, -0.2) is 10.7 Å². The van der Waals surface area contributed by atoms with Crippen molar-refractivity contribution in [2.75, 3.05) is 5.75 Å². The Hall–Kier alpha value is -1.99. The second kappa shape index (κ2) is 7.93. The zero-order chi connectivity index (χ0) is 17.8. The van der Waals surface area contributed by atoms with Gasteiger partial charge in [0, 0.05) is 21.2 Å². The standard InChI is InChI=1S/C20H14Cl2N2S/c1-2-25-20-18(12-23)17(13-3-7-15(21)8-4-13)11-19(24-20)14-5-9-16(22)10-6-14/h3-11H,2H2,1H3. The van der Waals surface area contributed by atoms with Crippen molar-refractivity contribution in [2.45, 2.75) is 11.9 Å². The summed E-state index contributed by atoms with van der Waals surface area (Å²) in [6, 6.07) is 19.3. The zero-order valence-corrected chi connectivity index (χ0v) is 15.8. The average Bonchev–Trinajstić information content (AvgIpc) is 2.62. The molecule has 3 aromatic rings. The summed E-state index contributed by atoms with van der Waals surface area (Å²) in [6.07, 6.45) is 0. The highest BCUT2D eigenvalue weighted by atomic mass is 35.5. The van der Waals surface area contributed by atoms with E-state index < -0.39 is 0 Å². The first-order valence-corrected chi connectivity index (χ1v) is 9.46. The predicted octanol–water partition coefficient (Wildman–Crippen LogP) is 6.71. The maximum absolute atomic E-state index is 9.69. The van der Waals surface area contributed by atoms with Crippen LogP contribution >= 0.6 is 35.0 Å². The summed E-state index contributed by atoms with van der Waals surface area (Å²) in [7, 11) is 0. The van der Waals surface area contributed by atoms with Crippen LogP contribution in [0.25, 0.3) is 22.4 Å². The summed E-state index contributed by atoms with van der Waals surface area (Å²) < 4.78 is 0. The third-order valence-corrected chi connectivity index (χ3v) is 5.04. The lowest BCUT2D eigenvalue weighted by molar-refractivity contribution is 1.12. The zero-order valence-electron chi connectivity index (χ0n) is 13.5. The minimum absolute atomic E-state index is 0.590. The van der Waals surface area contributed by atoms with E-state index in [9.17, 15) is 5.26 Å². The van der Waals surface area contributed by atoms with Crippen LogP contribution in [0.3, 0.4) is 0 Å².